The highest BCUT2D eigenvalue weighted by atomic mass is 32.2. The zero-order chi connectivity index (χ0) is 15.8. The van der Waals surface area contributed by atoms with Crippen LogP contribution in [0.25, 0.3) is 0 Å². The maximum absolute atomic E-state index is 12.5. The average molecular weight is 320 g/mol. The third-order valence-corrected chi connectivity index (χ3v) is 3.26. The van der Waals surface area contributed by atoms with Crippen LogP contribution in [0.3, 0.4) is 0 Å². The Morgan fingerprint density at radius 1 is 1.43 bits per heavy atom. The summed E-state index contributed by atoms with van der Waals surface area (Å²) in [4.78, 5) is 13.8. The third-order valence-electron chi connectivity index (χ3n) is 2.37. The summed E-state index contributed by atoms with van der Waals surface area (Å²) < 4.78 is 37.8. The number of pyridine rings is 1. The number of nitrogens with zero attached hydrogens (tertiary/aromatic N) is 5. The molecule has 0 fully saturated rings. The van der Waals surface area contributed by atoms with Crippen molar-refractivity contribution in [2.45, 2.75) is 23.3 Å². The lowest BCUT2D eigenvalue weighted by Crippen LogP contribution is -2.21. The van der Waals surface area contributed by atoms with Gasteiger partial charge in [0.2, 0.25) is 5.16 Å². The quantitative estimate of drug-likeness (QED) is 0.521. The number of halogens is 3. The number of nitrogen functional groups attached to an aromatic ring is 1. The normalized spacial score (nSPS) is 11.6. The summed E-state index contributed by atoms with van der Waals surface area (Å²) in [5.41, 5.74) is 0.126. The lowest BCUT2D eigenvalue weighted by atomic mass is 10.3. The van der Waals surface area contributed by atoms with Gasteiger partial charge in [-0.3, -0.25) is 10.1 Å². The van der Waals surface area contributed by atoms with Crippen molar-refractivity contribution in [3.63, 3.8) is 0 Å². The van der Waals surface area contributed by atoms with Gasteiger partial charge in [0, 0.05) is 5.56 Å². The number of nitrogens with two attached hydrogens (primary N) is 1. The fourth-order valence-electron chi connectivity index (χ4n) is 1.40. The van der Waals surface area contributed by atoms with Gasteiger partial charge < -0.3 is 5.84 Å². The zero-order valence-electron chi connectivity index (χ0n) is 10.3. The Morgan fingerprint density at radius 3 is 2.57 bits per heavy atom. The predicted octanol–water partition coefficient (Wildman–Crippen LogP) is 1.77. The van der Waals surface area contributed by atoms with Crippen LogP contribution in [0, 0.1) is 17.0 Å². The monoisotopic (exact) mass is 320 g/mol. The van der Waals surface area contributed by atoms with Crippen LogP contribution >= 0.6 is 11.8 Å². The molecule has 2 aromatic rings. The van der Waals surface area contributed by atoms with E-state index in [0.717, 1.165) is 6.20 Å². The van der Waals surface area contributed by atoms with Gasteiger partial charge in [0.25, 0.3) is 11.5 Å². The molecule has 0 aliphatic heterocycles. The Kier molecular flexibility index (Phi) is 3.72. The van der Waals surface area contributed by atoms with Gasteiger partial charge in [0.15, 0.2) is 0 Å². The van der Waals surface area contributed by atoms with Crippen molar-refractivity contribution in [1.29, 1.82) is 0 Å². The lowest BCUT2D eigenvalue weighted by Gasteiger charge is -2.06. The number of rotatable bonds is 3. The zero-order valence-corrected chi connectivity index (χ0v) is 11.1. The molecule has 2 rings (SSSR count). The molecule has 112 valence electrons. The molecule has 2 N–H and O–H groups in total. The molecule has 0 radical (unpaired) electrons. The Hall–Kier alpha value is -2.37. The molecule has 0 atom stereocenters. The minimum Gasteiger partial charge on any atom is -0.335 e. The molecule has 0 aliphatic rings. The van der Waals surface area contributed by atoms with Gasteiger partial charge in [0.1, 0.15) is 11.2 Å². The third kappa shape index (κ3) is 3.04. The number of hydrogen-bond donors (Lipinski definition) is 1. The molecular weight excluding hydrogens is 313 g/mol. The van der Waals surface area contributed by atoms with Crippen LogP contribution < -0.4 is 5.84 Å². The Labute approximate surface area is 119 Å². The van der Waals surface area contributed by atoms with E-state index in [9.17, 15) is 23.3 Å². The van der Waals surface area contributed by atoms with Crippen molar-refractivity contribution < 1.29 is 18.1 Å². The van der Waals surface area contributed by atoms with Gasteiger partial charge in [-0.15, -0.1) is 10.2 Å². The van der Waals surface area contributed by atoms with Crippen LogP contribution in [0.1, 0.15) is 11.4 Å². The molecule has 0 aliphatic carbocycles. The van der Waals surface area contributed by atoms with E-state index in [-0.39, 0.29) is 15.9 Å². The van der Waals surface area contributed by atoms with E-state index < -0.39 is 16.9 Å². The van der Waals surface area contributed by atoms with Crippen molar-refractivity contribution in [3.8, 4) is 0 Å². The second-order valence-corrected chi connectivity index (χ2v) is 4.83. The minimum atomic E-state index is -4.72. The second kappa shape index (κ2) is 5.20. The van der Waals surface area contributed by atoms with Gasteiger partial charge in [-0.1, -0.05) is 0 Å². The lowest BCUT2D eigenvalue weighted by molar-refractivity contribution is -0.385. The standard InChI is InChI=1S/C9H7F3N6O2S/c1-4-2-6(14-3-5(4)18(19)20)21-8-16-15-7(17(8)13)9(10,11)12/h2-3H,13H2,1H3. The molecular formula is C9H7F3N6O2S. The van der Waals surface area contributed by atoms with Crippen molar-refractivity contribution in [2.75, 3.05) is 5.84 Å². The van der Waals surface area contributed by atoms with E-state index in [0.29, 0.717) is 22.0 Å². The van der Waals surface area contributed by atoms with Gasteiger partial charge in [-0.05, 0) is 24.8 Å². The molecule has 0 bridgehead atoms. The van der Waals surface area contributed by atoms with Crippen molar-refractivity contribution in [3.05, 3.63) is 33.8 Å². The van der Waals surface area contributed by atoms with E-state index in [4.69, 9.17) is 5.84 Å². The Balaban J connectivity index is 2.29. The summed E-state index contributed by atoms with van der Waals surface area (Å²) >= 11 is 0.716. The molecule has 12 heteroatoms. The molecule has 0 aromatic carbocycles. The van der Waals surface area contributed by atoms with Crippen LogP contribution in [-0.2, 0) is 6.18 Å². The first kappa shape index (κ1) is 15.0. The fraction of sp³-hybridized carbons (Fsp3) is 0.222. The summed E-state index contributed by atoms with van der Waals surface area (Å²) in [5, 5.41) is 16.9. The topological polar surface area (TPSA) is 113 Å². The predicted molar refractivity (Wildman–Crippen MR) is 64.9 cm³/mol. The minimum absolute atomic E-state index is 0.190. The van der Waals surface area contributed by atoms with Crippen molar-refractivity contribution in [2.24, 2.45) is 0 Å². The summed E-state index contributed by atoms with van der Waals surface area (Å²) in [5.74, 6) is 3.92. The highest BCUT2D eigenvalue weighted by molar-refractivity contribution is 7.99. The molecule has 2 heterocycles. The highest BCUT2D eigenvalue weighted by Gasteiger charge is 2.38. The smallest absolute Gasteiger partial charge is 0.335 e. The van der Waals surface area contributed by atoms with E-state index in [2.05, 4.69) is 15.2 Å². The van der Waals surface area contributed by atoms with E-state index in [1.807, 2.05) is 0 Å². The molecule has 0 unspecified atom stereocenters. The maximum Gasteiger partial charge on any atom is 0.453 e. The summed E-state index contributed by atoms with van der Waals surface area (Å²) in [7, 11) is 0. The van der Waals surface area contributed by atoms with Crippen LogP contribution in [0.5, 0.6) is 0 Å². The largest absolute Gasteiger partial charge is 0.453 e. The first-order chi connectivity index (χ1) is 9.70. The number of aryl methyl sites for hydroxylation is 1. The molecule has 0 saturated heterocycles. The van der Waals surface area contributed by atoms with Crippen LogP contribution in [-0.4, -0.2) is 24.8 Å². The van der Waals surface area contributed by atoms with Crippen molar-refractivity contribution >= 4 is 17.4 Å². The van der Waals surface area contributed by atoms with Crippen molar-refractivity contribution in [1.82, 2.24) is 19.9 Å². The molecule has 2 aromatic heterocycles. The average Bonchev–Trinajstić information content (AvgIpc) is 2.70. The molecule has 8 nitrogen and oxygen atoms in total. The molecule has 0 spiro atoms. The maximum atomic E-state index is 12.5. The van der Waals surface area contributed by atoms with Gasteiger partial charge in [-0.2, -0.15) is 13.2 Å². The molecule has 0 saturated carbocycles. The number of alkyl halides is 3. The van der Waals surface area contributed by atoms with Gasteiger partial charge in [0.05, 0.1) is 4.92 Å². The van der Waals surface area contributed by atoms with Gasteiger partial charge in [-0.25, -0.2) is 9.66 Å². The number of nitro groups is 1. The van der Waals surface area contributed by atoms with Gasteiger partial charge >= 0.3 is 6.18 Å². The number of aromatic nitrogens is 4. The molecule has 0 amide bonds. The highest BCUT2D eigenvalue weighted by Crippen LogP contribution is 2.31. The first-order valence-corrected chi connectivity index (χ1v) is 6.08. The van der Waals surface area contributed by atoms with Crippen LogP contribution in [0.15, 0.2) is 22.4 Å². The molecule has 21 heavy (non-hydrogen) atoms. The van der Waals surface area contributed by atoms with Crippen LogP contribution in [0.2, 0.25) is 0 Å². The van der Waals surface area contributed by atoms with E-state index >= 15 is 0 Å². The SMILES string of the molecule is Cc1cc(Sc2nnc(C(F)(F)F)n2N)ncc1[N+](=O)[O-]. The Bertz CT molecular complexity index is 701. The number of hydrogen-bond acceptors (Lipinski definition) is 7. The summed E-state index contributed by atoms with van der Waals surface area (Å²) in [6, 6.07) is 1.35. The summed E-state index contributed by atoms with van der Waals surface area (Å²) in [6.07, 6.45) is -3.71. The summed E-state index contributed by atoms with van der Waals surface area (Å²) in [6.45, 7) is 1.48. The Morgan fingerprint density at radius 2 is 2.10 bits per heavy atom. The van der Waals surface area contributed by atoms with Crippen LogP contribution in [0.4, 0.5) is 18.9 Å². The van der Waals surface area contributed by atoms with E-state index in [1.165, 1.54) is 13.0 Å². The first-order valence-electron chi connectivity index (χ1n) is 5.26. The van der Waals surface area contributed by atoms with E-state index in [1.54, 1.807) is 0 Å². The fourth-order valence-corrected chi connectivity index (χ4v) is 2.20. The second-order valence-electron chi connectivity index (χ2n) is 3.84.